The van der Waals surface area contributed by atoms with Gasteiger partial charge >= 0.3 is 0 Å². The first kappa shape index (κ1) is 16.6. The van der Waals surface area contributed by atoms with E-state index in [0.29, 0.717) is 17.7 Å². The summed E-state index contributed by atoms with van der Waals surface area (Å²) < 4.78 is 13.4. The molecule has 5 nitrogen and oxygen atoms in total. The van der Waals surface area contributed by atoms with E-state index >= 15 is 0 Å². The highest BCUT2D eigenvalue weighted by atomic mass is 19.1. The van der Waals surface area contributed by atoms with Crippen LogP contribution in [0.3, 0.4) is 0 Å². The normalized spacial score (nSPS) is 18.8. The molecule has 2 heterocycles. The summed E-state index contributed by atoms with van der Waals surface area (Å²) in [6.45, 7) is 1.05. The van der Waals surface area contributed by atoms with Crippen LogP contribution in [-0.2, 0) is 16.1 Å². The molecule has 4 rings (SSSR count). The van der Waals surface area contributed by atoms with Gasteiger partial charge in [0.05, 0.1) is 5.71 Å². The van der Waals surface area contributed by atoms with Gasteiger partial charge in [0.15, 0.2) is 0 Å². The van der Waals surface area contributed by atoms with Crippen molar-refractivity contribution < 1.29 is 14.0 Å². The molecule has 0 unspecified atom stereocenters. The van der Waals surface area contributed by atoms with Crippen LogP contribution in [0.15, 0.2) is 47.6 Å². The summed E-state index contributed by atoms with van der Waals surface area (Å²) in [7, 11) is 2.08. The number of fused-ring (bicyclic) bond motifs is 1. The number of halogens is 1. The molecule has 0 aliphatic carbocycles. The average Bonchev–Trinajstić information content (AvgIpc) is 3.12. The minimum Gasteiger partial charge on any atom is -0.382 e. The summed E-state index contributed by atoms with van der Waals surface area (Å²) in [6, 6.07) is 12.1. The maximum atomic E-state index is 13.4. The van der Waals surface area contributed by atoms with Gasteiger partial charge in [-0.05, 0) is 48.7 Å². The van der Waals surface area contributed by atoms with E-state index < -0.39 is 6.10 Å². The van der Waals surface area contributed by atoms with Crippen LogP contribution in [-0.4, -0.2) is 31.3 Å². The van der Waals surface area contributed by atoms with Crippen molar-refractivity contribution in [2.75, 3.05) is 23.8 Å². The lowest BCUT2D eigenvalue weighted by Crippen LogP contribution is -2.28. The van der Waals surface area contributed by atoms with Crippen molar-refractivity contribution in [1.29, 1.82) is 0 Å². The third-order valence-electron chi connectivity index (χ3n) is 4.82. The van der Waals surface area contributed by atoms with E-state index in [0.717, 1.165) is 25.1 Å². The third-order valence-corrected chi connectivity index (χ3v) is 4.82. The number of amides is 1. The zero-order chi connectivity index (χ0) is 18.1. The minimum atomic E-state index is -0.702. The molecule has 26 heavy (non-hydrogen) atoms. The predicted molar refractivity (Wildman–Crippen MR) is 99.1 cm³/mol. The molecule has 1 atom stereocenters. The van der Waals surface area contributed by atoms with Gasteiger partial charge in [0, 0.05) is 37.0 Å². The summed E-state index contributed by atoms with van der Waals surface area (Å²) in [5.41, 5.74) is 4.42. The zero-order valence-corrected chi connectivity index (χ0v) is 14.5. The molecule has 0 saturated heterocycles. The molecule has 0 saturated carbocycles. The molecule has 2 aromatic carbocycles. The lowest BCUT2D eigenvalue weighted by atomic mass is 10.0. The Bertz CT molecular complexity index is 881. The lowest BCUT2D eigenvalue weighted by Gasteiger charge is -2.27. The Morgan fingerprint density at radius 1 is 1.31 bits per heavy atom. The van der Waals surface area contributed by atoms with E-state index in [1.54, 1.807) is 12.1 Å². The van der Waals surface area contributed by atoms with Gasteiger partial charge in [-0.25, -0.2) is 4.39 Å². The number of nitrogens with one attached hydrogen (secondary N) is 1. The van der Waals surface area contributed by atoms with Crippen molar-refractivity contribution >= 4 is 23.0 Å². The van der Waals surface area contributed by atoms with Crippen LogP contribution in [0.1, 0.15) is 24.0 Å². The van der Waals surface area contributed by atoms with Gasteiger partial charge in [-0.15, -0.1) is 0 Å². The number of hydrogen-bond donors (Lipinski definition) is 1. The van der Waals surface area contributed by atoms with Gasteiger partial charge in [-0.3, -0.25) is 4.79 Å². The molecular weight excluding hydrogens is 333 g/mol. The Hall–Kier alpha value is -2.89. The van der Waals surface area contributed by atoms with E-state index in [-0.39, 0.29) is 11.7 Å². The summed E-state index contributed by atoms with van der Waals surface area (Å²) in [5.74, 6) is -0.582. The molecule has 134 valence electrons. The summed E-state index contributed by atoms with van der Waals surface area (Å²) >= 11 is 0. The fourth-order valence-electron chi connectivity index (χ4n) is 3.44. The molecule has 0 radical (unpaired) electrons. The Morgan fingerprint density at radius 2 is 2.19 bits per heavy atom. The van der Waals surface area contributed by atoms with E-state index in [1.807, 2.05) is 18.2 Å². The highest BCUT2D eigenvalue weighted by Gasteiger charge is 2.29. The van der Waals surface area contributed by atoms with Crippen LogP contribution in [0.2, 0.25) is 0 Å². The summed E-state index contributed by atoms with van der Waals surface area (Å²) in [5, 5.41) is 6.86. The van der Waals surface area contributed by atoms with Gasteiger partial charge in [0.1, 0.15) is 5.82 Å². The van der Waals surface area contributed by atoms with Crippen molar-refractivity contribution in [3.05, 3.63) is 59.4 Å². The second kappa shape index (κ2) is 6.78. The van der Waals surface area contributed by atoms with E-state index in [1.165, 1.54) is 23.4 Å². The van der Waals surface area contributed by atoms with E-state index in [2.05, 4.69) is 22.4 Å². The molecule has 0 spiro atoms. The van der Waals surface area contributed by atoms with Crippen LogP contribution < -0.4 is 10.2 Å². The number of rotatable bonds is 3. The van der Waals surface area contributed by atoms with Crippen LogP contribution >= 0.6 is 0 Å². The average molecular weight is 353 g/mol. The first-order valence-electron chi connectivity index (χ1n) is 8.74. The smallest absolute Gasteiger partial charge is 0.268 e. The molecule has 2 aromatic rings. The molecule has 1 N–H and O–H groups in total. The topological polar surface area (TPSA) is 53.9 Å². The van der Waals surface area contributed by atoms with E-state index in [9.17, 15) is 9.18 Å². The van der Waals surface area contributed by atoms with Crippen molar-refractivity contribution in [2.45, 2.75) is 25.4 Å². The van der Waals surface area contributed by atoms with Crippen LogP contribution in [0.25, 0.3) is 0 Å². The van der Waals surface area contributed by atoms with Crippen molar-refractivity contribution in [2.24, 2.45) is 5.16 Å². The number of carbonyl (C=O) groups excluding carboxylic acids is 1. The van der Waals surface area contributed by atoms with Gasteiger partial charge in [-0.1, -0.05) is 17.3 Å². The molecule has 6 heteroatoms. The Kier molecular flexibility index (Phi) is 4.32. The second-order valence-electron chi connectivity index (χ2n) is 6.70. The lowest BCUT2D eigenvalue weighted by molar-refractivity contribution is -0.125. The van der Waals surface area contributed by atoms with Gasteiger partial charge in [-0.2, -0.15) is 0 Å². The molecule has 0 fully saturated rings. The first-order chi connectivity index (χ1) is 12.6. The van der Waals surface area contributed by atoms with Crippen LogP contribution in [0.4, 0.5) is 15.8 Å². The largest absolute Gasteiger partial charge is 0.382 e. The Balaban J connectivity index is 1.42. The molecule has 2 aliphatic heterocycles. The molecule has 2 aliphatic rings. The highest BCUT2D eigenvalue weighted by Crippen LogP contribution is 2.29. The SMILES string of the molecule is CN1CCCc2cc(NC(=O)[C@@H]3CC(c4cccc(F)c4)=NO3)ccc21. The van der Waals surface area contributed by atoms with Crippen molar-refractivity contribution in [3.8, 4) is 0 Å². The second-order valence-corrected chi connectivity index (χ2v) is 6.70. The third kappa shape index (κ3) is 3.27. The molecule has 1 amide bonds. The van der Waals surface area contributed by atoms with Gasteiger partial charge in [0.25, 0.3) is 5.91 Å². The molecular formula is C20H20FN3O2. The Labute approximate surface area is 151 Å². The maximum absolute atomic E-state index is 13.4. The van der Waals surface area contributed by atoms with Crippen LogP contribution in [0.5, 0.6) is 0 Å². The molecule has 0 bridgehead atoms. The number of hydrogen-bond acceptors (Lipinski definition) is 4. The fraction of sp³-hybridized carbons (Fsp3) is 0.300. The van der Waals surface area contributed by atoms with E-state index in [4.69, 9.17) is 4.84 Å². The van der Waals surface area contributed by atoms with Crippen LogP contribution in [0, 0.1) is 5.82 Å². The monoisotopic (exact) mass is 353 g/mol. The fourth-order valence-corrected chi connectivity index (χ4v) is 3.44. The summed E-state index contributed by atoms with van der Waals surface area (Å²) in [4.78, 5) is 20.0. The Morgan fingerprint density at radius 3 is 3.04 bits per heavy atom. The van der Waals surface area contributed by atoms with Gasteiger partial charge in [0.2, 0.25) is 6.10 Å². The quantitative estimate of drug-likeness (QED) is 0.921. The van der Waals surface area contributed by atoms with Gasteiger partial charge < -0.3 is 15.1 Å². The number of anilines is 2. The number of oxime groups is 1. The number of carbonyl (C=O) groups is 1. The maximum Gasteiger partial charge on any atom is 0.268 e. The van der Waals surface area contributed by atoms with Crippen molar-refractivity contribution in [3.63, 3.8) is 0 Å². The zero-order valence-electron chi connectivity index (χ0n) is 14.5. The number of nitrogens with zero attached hydrogens (tertiary/aromatic N) is 2. The standard InChI is InChI=1S/C20H20FN3O2/c1-24-9-3-5-14-11-16(7-8-18(14)24)22-20(25)19-12-17(23-26-19)13-4-2-6-15(21)10-13/h2,4,6-8,10-11,19H,3,5,9,12H2,1H3,(H,22,25)/t19-/m0/s1. The first-order valence-corrected chi connectivity index (χ1v) is 8.74. The number of aryl methyl sites for hydroxylation is 1. The molecule has 0 aromatic heterocycles. The van der Waals surface area contributed by atoms with Crippen molar-refractivity contribution in [1.82, 2.24) is 0 Å². The highest BCUT2D eigenvalue weighted by molar-refractivity contribution is 6.06. The number of benzene rings is 2. The minimum absolute atomic E-state index is 0.246. The summed E-state index contributed by atoms with van der Waals surface area (Å²) in [6.07, 6.45) is 1.74. The predicted octanol–water partition coefficient (Wildman–Crippen LogP) is 3.34.